The topological polar surface area (TPSA) is 46.2 Å². The molecule has 2 nitrogen and oxygen atoms in total. The van der Waals surface area contributed by atoms with Crippen LogP contribution in [-0.2, 0) is 0 Å². The van der Waals surface area contributed by atoms with Crippen molar-refractivity contribution in [2.45, 2.75) is 13.0 Å². The number of phenols is 1. The predicted octanol–water partition coefficient (Wildman–Crippen LogP) is 2.60. The van der Waals surface area contributed by atoms with Crippen LogP contribution in [-0.4, -0.2) is 5.11 Å². The van der Waals surface area contributed by atoms with E-state index in [0.717, 1.165) is 10.0 Å². The summed E-state index contributed by atoms with van der Waals surface area (Å²) in [6, 6.07) is 5.18. The average molecular weight is 253 g/mol. The number of hydrogen-bond acceptors (Lipinski definition) is 2. The first-order valence-corrected chi connectivity index (χ1v) is 4.14. The number of nitrogens with two attached hydrogens (primary N) is 1. The number of hydrogen-bond donors (Lipinski definition) is 2. The van der Waals surface area contributed by atoms with Gasteiger partial charge in [-0.2, -0.15) is 0 Å². The van der Waals surface area contributed by atoms with Gasteiger partial charge in [0, 0.05) is 16.1 Å². The lowest BCUT2D eigenvalue weighted by atomic mass is 10.1. The van der Waals surface area contributed by atoms with Gasteiger partial charge in [-0.15, -0.1) is 12.4 Å². The van der Waals surface area contributed by atoms with E-state index in [0.29, 0.717) is 0 Å². The summed E-state index contributed by atoms with van der Waals surface area (Å²) in [6.45, 7) is 1.84. The summed E-state index contributed by atoms with van der Waals surface area (Å²) >= 11 is 3.24. The van der Waals surface area contributed by atoms with Gasteiger partial charge in [-0.1, -0.05) is 22.0 Å². The van der Waals surface area contributed by atoms with Crippen LogP contribution >= 0.6 is 28.3 Å². The SMILES string of the molecule is CC(N)c1ccc(Br)cc1O.Cl. The van der Waals surface area contributed by atoms with E-state index >= 15 is 0 Å². The van der Waals surface area contributed by atoms with Crippen molar-refractivity contribution in [1.29, 1.82) is 0 Å². The molecular weight excluding hydrogens is 241 g/mol. The first-order valence-electron chi connectivity index (χ1n) is 3.35. The normalized spacial score (nSPS) is 11.9. The molecule has 0 fully saturated rings. The Bertz CT molecular complexity index is 265. The van der Waals surface area contributed by atoms with Crippen LogP contribution in [0.25, 0.3) is 0 Å². The molecule has 0 saturated carbocycles. The number of benzene rings is 1. The van der Waals surface area contributed by atoms with Crippen molar-refractivity contribution < 1.29 is 5.11 Å². The van der Waals surface area contributed by atoms with Crippen LogP contribution in [0.2, 0.25) is 0 Å². The third-order valence-corrected chi connectivity index (χ3v) is 1.98. The lowest BCUT2D eigenvalue weighted by molar-refractivity contribution is 0.463. The van der Waals surface area contributed by atoms with E-state index in [2.05, 4.69) is 15.9 Å². The van der Waals surface area contributed by atoms with Crippen LogP contribution in [0, 0.1) is 0 Å². The summed E-state index contributed by atoms with van der Waals surface area (Å²) in [4.78, 5) is 0. The monoisotopic (exact) mass is 251 g/mol. The molecule has 0 aliphatic heterocycles. The summed E-state index contributed by atoms with van der Waals surface area (Å²) in [7, 11) is 0. The molecule has 1 atom stereocenters. The van der Waals surface area contributed by atoms with Crippen molar-refractivity contribution in [3.63, 3.8) is 0 Å². The molecule has 4 heteroatoms. The molecule has 0 amide bonds. The van der Waals surface area contributed by atoms with E-state index in [-0.39, 0.29) is 24.2 Å². The van der Waals surface area contributed by atoms with Gasteiger partial charge in [-0.3, -0.25) is 0 Å². The van der Waals surface area contributed by atoms with Gasteiger partial charge in [-0.05, 0) is 19.1 Å². The van der Waals surface area contributed by atoms with Crippen LogP contribution in [0.3, 0.4) is 0 Å². The second kappa shape index (κ2) is 4.70. The lowest BCUT2D eigenvalue weighted by Gasteiger charge is -2.07. The fraction of sp³-hybridized carbons (Fsp3) is 0.250. The molecule has 0 aromatic heterocycles. The number of phenolic OH excluding ortho intramolecular Hbond substituents is 1. The molecule has 12 heavy (non-hydrogen) atoms. The van der Waals surface area contributed by atoms with E-state index < -0.39 is 0 Å². The first-order chi connectivity index (χ1) is 5.11. The van der Waals surface area contributed by atoms with Crippen molar-refractivity contribution in [1.82, 2.24) is 0 Å². The summed E-state index contributed by atoms with van der Waals surface area (Å²) in [5.41, 5.74) is 6.36. The zero-order valence-electron chi connectivity index (χ0n) is 6.62. The Hall–Kier alpha value is -0.250. The Labute approximate surface area is 86.3 Å². The van der Waals surface area contributed by atoms with Crippen LogP contribution in [0.1, 0.15) is 18.5 Å². The van der Waals surface area contributed by atoms with Crippen molar-refractivity contribution in [2.24, 2.45) is 5.73 Å². The molecule has 0 radical (unpaired) electrons. The van der Waals surface area contributed by atoms with Crippen LogP contribution in [0.15, 0.2) is 22.7 Å². The molecule has 0 aliphatic carbocycles. The van der Waals surface area contributed by atoms with Gasteiger partial charge in [0.25, 0.3) is 0 Å². The highest BCUT2D eigenvalue weighted by Crippen LogP contribution is 2.25. The van der Waals surface area contributed by atoms with Gasteiger partial charge in [0.05, 0.1) is 0 Å². The van der Waals surface area contributed by atoms with Gasteiger partial charge in [0.15, 0.2) is 0 Å². The molecule has 68 valence electrons. The van der Waals surface area contributed by atoms with E-state index in [1.54, 1.807) is 6.07 Å². The highest BCUT2D eigenvalue weighted by molar-refractivity contribution is 9.10. The maximum Gasteiger partial charge on any atom is 0.121 e. The van der Waals surface area contributed by atoms with Gasteiger partial charge >= 0.3 is 0 Å². The molecule has 0 saturated heterocycles. The minimum atomic E-state index is -0.122. The van der Waals surface area contributed by atoms with Crippen molar-refractivity contribution >= 4 is 28.3 Å². The summed E-state index contributed by atoms with van der Waals surface area (Å²) in [5.74, 6) is 0.245. The lowest BCUT2D eigenvalue weighted by Crippen LogP contribution is -2.04. The predicted molar refractivity (Wildman–Crippen MR) is 55.7 cm³/mol. The van der Waals surface area contributed by atoms with Gasteiger partial charge in [-0.25, -0.2) is 0 Å². The zero-order chi connectivity index (χ0) is 8.43. The summed E-state index contributed by atoms with van der Waals surface area (Å²) < 4.78 is 0.861. The molecule has 0 aliphatic rings. The van der Waals surface area contributed by atoms with Crippen molar-refractivity contribution in [3.05, 3.63) is 28.2 Å². The first kappa shape index (κ1) is 11.8. The molecule has 0 bridgehead atoms. The Morgan fingerprint density at radius 3 is 2.50 bits per heavy atom. The molecule has 1 unspecified atom stereocenters. The maximum atomic E-state index is 9.35. The largest absolute Gasteiger partial charge is 0.508 e. The third kappa shape index (κ3) is 2.66. The van der Waals surface area contributed by atoms with Crippen molar-refractivity contribution in [2.75, 3.05) is 0 Å². The molecule has 1 rings (SSSR count). The highest BCUT2D eigenvalue weighted by Gasteiger charge is 2.04. The van der Waals surface area contributed by atoms with Crippen LogP contribution < -0.4 is 5.73 Å². The standard InChI is InChI=1S/C8H10BrNO.ClH/c1-5(10)7-3-2-6(9)4-8(7)11;/h2-5,11H,10H2,1H3;1H. The molecular formula is C8H11BrClNO. The van der Waals surface area contributed by atoms with Crippen LogP contribution in [0.4, 0.5) is 0 Å². The van der Waals surface area contributed by atoms with Gasteiger partial charge in [0.2, 0.25) is 0 Å². The van der Waals surface area contributed by atoms with E-state index in [1.807, 2.05) is 19.1 Å². The maximum absolute atomic E-state index is 9.35. The Morgan fingerprint density at radius 2 is 2.08 bits per heavy atom. The Balaban J connectivity index is 0.00000121. The van der Waals surface area contributed by atoms with Gasteiger partial charge < -0.3 is 10.8 Å². The minimum absolute atomic E-state index is 0. The minimum Gasteiger partial charge on any atom is -0.508 e. The van der Waals surface area contributed by atoms with E-state index in [4.69, 9.17) is 5.73 Å². The quantitative estimate of drug-likeness (QED) is 0.807. The molecule has 0 heterocycles. The fourth-order valence-corrected chi connectivity index (χ4v) is 1.25. The number of halogens is 2. The molecule has 3 N–H and O–H groups in total. The molecule has 0 spiro atoms. The average Bonchev–Trinajstić information content (AvgIpc) is 1.85. The Kier molecular flexibility index (Phi) is 4.60. The van der Waals surface area contributed by atoms with Crippen molar-refractivity contribution in [3.8, 4) is 5.75 Å². The smallest absolute Gasteiger partial charge is 0.121 e. The van der Waals surface area contributed by atoms with E-state index in [1.165, 1.54) is 0 Å². The molecule has 1 aromatic rings. The third-order valence-electron chi connectivity index (χ3n) is 1.48. The molecule has 1 aromatic carbocycles. The van der Waals surface area contributed by atoms with E-state index in [9.17, 15) is 5.11 Å². The second-order valence-electron chi connectivity index (χ2n) is 2.49. The summed E-state index contributed by atoms with van der Waals surface area (Å²) in [5, 5.41) is 9.35. The van der Waals surface area contributed by atoms with Gasteiger partial charge in [0.1, 0.15) is 5.75 Å². The number of rotatable bonds is 1. The highest BCUT2D eigenvalue weighted by atomic mass is 79.9. The second-order valence-corrected chi connectivity index (χ2v) is 3.41. The van der Waals surface area contributed by atoms with Crippen LogP contribution in [0.5, 0.6) is 5.75 Å². The Morgan fingerprint density at radius 1 is 1.50 bits per heavy atom. The fourth-order valence-electron chi connectivity index (χ4n) is 0.902. The number of aromatic hydroxyl groups is 1. The zero-order valence-corrected chi connectivity index (χ0v) is 9.02. The summed E-state index contributed by atoms with van der Waals surface area (Å²) in [6.07, 6.45) is 0.